The first-order valence-corrected chi connectivity index (χ1v) is 5.23. The summed E-state index contributed by atoms with van der Waals surface area (Å²) in [4.78, 5) is 12.5. The molecule has 0 bridgehead atoms. The third-order valence-electron chi connectivity index (χ3n) is 2.46. The lowest BCUT2D eigenvalue weighted by Crippen LogP contribution is -1.98. The zero-order valence-corrected chi connectivity index (χ0v) is 8.72. The van der Waals surface area contributed by atoms with Crippen molar-refractivity contribution in [2.24, 2.45) is 0 Å². The van der Waals surface area contributed by atoms with Crippen molar-refractivity contribution in [3.05, 3.63) is 29.9 Å². The molecule has 0 N–H and O–H groups in total. The maximum atomic E-state index is 5.83. The zero-order chi connectivity index (χ0) is 10.3. The monoisotopic (exact) mass is 220 g/mol. The molecule has 0 spiro atoms. The highest BCUT2D eigenvalue weighted by atomic mass is 35.5. The predicted octanol–water partition coefficient (Wildman–Crippen LogP) is 2.33. The van der Waals surface area contributed by atoms with Crippen molar-refractivity contribution in [3.8, 4) is 11.5 Å². The molecule has 2 aromatic rings. The number of aromatic nitrogens is 4. The maximum absolute atomic E-state index is 5.83. The summed E-state index contributed by atoms with van der Waals surface area (Å²) in [6, 6.07) is 2.24. The Morgan fingerprint density at radius 1 is 1.40 bits per heavy atom. The Bertz CT molecular complexity index is 490. The lowest BCUT2D eigenvalue weighted by molar-refractivity contribution is 0.743. The van der Waals surface area contributed by atoms with Crippen LogP contribution in [-0.2, 0) is 0 Å². The Balaban J connectivity index is 2.07. The summed E-state index contributed by atoms with van der Waals surface area (Å²) >= 11 is 5.83. The minimum Gasteiger partial charge on any atom is -0.325 e. The molecule has 0 atom stereocenters. The molecule has 15 heavy (non-hydrogen) atoms. The second-order valence-electron chi connectivity index (χ2n) is 3.62. The summed E-state index contributed by atoms with van der Waals surface area (Å²) < 4.78 is 2.12. The maximum Gasteiger partial charge on any atom is 0.179 e. The number of halogens is 1. The molecule has 0 aromatic carbocycles. The van der Waals surface area contributed by atoms with Crippen molar-refractivity contribution in [2.75, 3.05) is 0 Å². The van der Waals surface area contributed by atoms with Gasteiger partial charge >= 0.3 is 0 Å². The highest BCUT2D eigenvalue weighted by Gasteiger charge is 2.26. The number of hydrogen-bond donors (Lipinski definition) is 0. The van der Waals surface area contributed by atoms with Crippen LogP contribution in [0.5, 0.6) is 0 Å². The van der Waals surface area contributed by atoms with Gasteiger partial charge in [-0.1, -0.05) is 11.6 Å². The van der Waals surface area contributed by atoms with Gasteiger partial charge in [0.1, 0.15) is 10.8 Å². The molecule has 1 saturated carbocycles. The van der Waals surface area contributed by atoms with Crippen LogP contribution >= 0.6 is 11.6 Å². The molecule has 1 aliphatic rings. The fourth-order valence-electron chi connectivity index (χ4n) is 1.58. The third kappa shape index (κ3) is 1.61. The SMILES string of the molecule is Clc1ccnc(-c2cncn2C2CC2)n1. The highest BCUT2D eigenvalue weighted by Crippen LogP contribution is 2.37. The summed E-state index contributed by atoms with van der Waals surface area (Å²) in [5.41, 5.74) is 0.944. The van der Waals surface area contributed by atoms with Gasteiger partial charge in [-0.15, -0.1) is 0 Å². The summed E-state index contributed by atoms with van der Waals surface area (Å²) in [7, 11) is 0. The molecule has 5 heteroatoms. The lowest BCUT2D eigenvalue weighted by atomic mass is 10.4. The second-order valence-corrected chi connectivity index (χ2v) is 4.01. The average Bonchev–Trinajstić information content (AvgIpc) is 2.96. The van der Waals surface area contributed by atoms with E-state index in [0.717, 1.165) is 5.69 Å². The fraction of sp³-hybridized carbons (Fsp3) is 0.300. The molecule has 2 heterocycles. The Morgan fingerprint density at radius 2 is 2.27 bits per heavy atom. The van der Waals surface area contributed by atoms with Gasteiger partial charge < -0.3 is 4.57 Å². The Hall–Kier alpha value is -1.42. The minimum absolute atomic E-state index is 0.462. The molecular formula is C10H9ClN4. The van der Waals surface area contributed by atoms with E-state index in [0.29, 0.717) is 17.0 Å². The highest BCUT2D eigenvalue weighted by molar-refractivity contribution is 6.29. The average molecular weight is 221 g/mol. The van der Waals surface area contributed by atoms with Crippen LogP contribution < -0.4 is 0 Å². The molecule has 1 fully saturated rings. The van der Waals surface area contributed by atoms with E-state index >= 15 is 0 Å². The van der Waals surface area contributed by atoms with E-state index in [1.807, 2.05) is 6.33 Å². The molecule has 2 aromatic heterocycles. The summed E-state index contributed by atoms with van der Waals surface area (Å²) in [5.74, 6) is 0.645. The Labute approximate surface area is 92.0 Å². The molecule has 76 valence electrons. The number of hydrogen-bond acceptors (Lipinski definition) is 3. The molecule has 0 aliphatic heterocycles. The van der Waals surface area contributed by atoms with Gasteiger partial charge in [0.2, 0.25) is 0 Å². The normalized spacial score (nSPS) is 15.5. The molecule has 4 nitrogen and oxygen atoms in total. The summed E-state index contributed by atoms with van der Waals surface area (Å²) in [6.07, 6.45) is 7.70. The minimum atomic E-state index is 0.462. The fourth-order valence-corrected chi connectivity index (χ4v) is 1.72. The van der Waals surface area contributed by atoms with Gasteiger partial charge in [0, 0.05) is 12.2 Å². The van der Waals surface area contributed by atoms with E-state index in [9.17, 15) is 0 Å². The molecule has 1 aliphatic carbocycles. The van der Waals surface area contributed by atoms with Crippen molar-refractivity contribution < 1.29 is 0 Å². The van der Waals surface area contributed by atoms with Gasteiger partial charge in [-0.3, -0.25) is 0 Å². The van der Waals surface area contributed by atoms with Crippen LogP contribution in [-0.4, -0.2) is 19.5 Å². The quantitative estimate of drug-likeness (QED) is 0.730. The summed E-state index contributed by atoms with van der Waals surface area (Å²) in [5, 5.41) is 0.462. The Morgan fingerprint density at radius 3 is 3.00 bits per heavy atom. The number of imidazole rings is 1. The van der Waals surface area contributed by atoms with Crippen LogP contribution in [0.25, 0.3) is 11.5 Å². The first-order chi connectivity index (χ1) is 7.34. The van der Waals surface area contributed by atoms with E-state index < -0.39 is 0 Å². The van der Waals surface area contributed by atoms with Crippen molar-refractivity contribution in [1.29, 1.82) is 0 Å². The van der Waals surface area contributed by atoms with E-state index in [1.54, 1.807) is 18.5 Å². The molecule has 0 saturated heterocycles. The van der Waals surface area contributed by atoms with E-state index in [4.69, 9.17) is 11.6 Å². The second kappa shape index (κ2) is 3.31. The van der Waals surface area contributed by atoms with E-state index in [1.165, 1.54) is 12.8 Å². The molecule has 0 radical (unpaired) electrons. The van der Waals surface area contributed by atoms with Gasteiger partial charge in [0.25, 0.3) is 0 Å². The molecular weight excluding hydrogens is 212 g/mol. The van der Waals surface area contributed by atoms with Crippen LogP contribution in [0.3, 0.4) is 0 Å². The van der Waals surface area contributed by atoms with Gasteiger partial charge in [-0.2, -0.15) is 0 Å². The Kier molecular flexibility index (Phi) is 1.95. The van der Waals surface area contributed by atoms with Gasteiger partial charge in [-0.25, -0.2) is 15.0 Å². The van der Waals surface area contributed by atoms with Gasteiger partial charge in [-0.05, 0) is 18.9 Å². The predicted molar refractivity (Wildman–Crippen MR) is 56.5 cm³/mol. The first kappa shape index (κ1) is 8.85. The van der Waals surface area contributed by atoms with Crippen LogP contribution in [0.2, 0.25) is 5.15 Å². The first-order valence-electron chi connectivity index (χ1n) is 4.85. The van der Waals surface area contributed by atoms with Crippen LogP contribution in [0.15, 0.2) is 24.8 Å². The van der Waals surface area contributed by atoms with Gasteiger partial charge in [0.05, 0.1) is 12.5 Å². The smallest absolute Gasteiger partial charge is 0.179 e. The van der Waals surface area contributed by atoms with Crippen LogP contribution in [0.4, 0.5) is 0 Å². The lowest BCUT2D eigenvalue weighted by Gasteiger charge is -2.04. The van der Waals surface area contributed by atoms with Crippen molar-refractivity contribution >= 4 is 11.6 Å². The molecule has 3 rings (SSSR count). The zero-order valence-electron chi connectivity index (χ0n) is 7.97. The van der Waals surface area contributed by atoms with Crippen molar-refractivity contribution in [3.63, 3.8) is 0 Å². The van der Waals surface area contributed by atoms with Crippen molar-refractivity contribution in [2.45, 2.75) is 18.9 Å². The number of nitrogens with zero attached hydrogens (tertiary/aromatic N) is 4. The number of rotatable bonds is 2. The van der Waals surface area contributed by atoms with Gasteiger partial charge in [0.15, 0.2) is 5.82 Å². The van der Waals surface area contributed by atoms with E-state index in [-0.39, 0.29) is 0 Å². The standard InChI is InChI=1S/C10H9ClN4/c11-9-3-4-13-10(14-9)8-5-12-6-15(8)7-1-2-7/h3-7H,1-2H2. The van der Waals surface area contributed by atoms with Crippen LogP contribution in [0.1, 0.15) is 18.9 Å². The van der Waals surface area contributed by atoms with E-state index in [2.05, 4.69) is 19.5 Å². The molecule has 0 unspecified atom stereocenters. The van der Waals surface area contributed by atoms with Crippen LogP contribution in [0, 0.1) is 0 Å². The third-order valence-corrected chi connectivity index (χ3v) is 2.67. The largest absolute Gasteiger partial charge is 0.325 e. The summed E-state index contributed by atoms with van der Waals surface area (Å²) in [6.45, 7) is 0. The topological polar surface area (TPSA) is 43.6 Å². The van der Waals surface area contributed by atoms with Crippen molar-refractivity contribution in [1.82, 2.24) is 19.5 Å². The molecule has 0 amide bonds.